The summed E-state index contributed by atoms with van der Waals surface area (Å²) in [7, 11) is 0. The largest absolute Gasteiger partial charge is 0.417 e. The van der Waals surface area contributed by atoms with Crippen molar-refractivity contribution in [3.63, 3.8) is 0 Å². The number of nitrogens with zero attached hydrogens (tertiary/aromatic N) is 3. The molecule has 1 heterocycles. The molecule has 2 aromatic rings. The van der Waals surface area contributed by atoms with Crippen LogP contribution in [-0.4, -0.2) is 37.4 Å². The number of piperazine rings is 1. The minimum absolute atomic E-state index is 0.0930. The summed E-state index contributed by atoms with van der Waals surface area (Å²) in [4.78, 5) is 2.25. The van der Waals surface area contributed by atoms with E-state index in [4.69, 9.17) is 0 Å². The zero-order valence-corrected chi connectivity index (χ0v) is 13.1. The summed E-state index contributed by atoms with van der Waals surface area (Å²) in [5.41, 5.74) is 0.593. The predicted octanol–water partition coefficient (Wildman–Crippen LogP) is 3.86. The summed E-state index contributed by atoms with van der Waals surface area (Å²) in [6, 6.07) is 15.6. The standard InChI is InChI=1S/C18H18F3N3/c19-18(20,21)17-9-5-4-6-15(17)14-22-24-12-10-23(11-13-24)16-7-2-1-3-8-16/h1-9,14H,10-13H2/b22-14+. The zero-order valence-electron chi connectivity index (χ0n) is 13.1. The molecule has 0 spiro atoms. The number of hydrogen-bond acceptors (Lipinski definition) is 3. The van der Waals surface area contributed by atoms with Crippen LogP contribution in [-0.2, 0) is 6.18 Å². The van der Waals surface area contributed by atoms with Crippen LogP contribution in [0.3, 0.4) is 0 Å². The number of anilines is 1. The molecular formula is C18H18F3N3. The smallest absolute Gasteiger partial charge is 0.368 e. The van der Waals surface area contributed by atoms with E-state index in [1.165, 1.54) is 18.3 Å². The highest BCUT2D eigenvalue weighted by atomic mass is 19.4. The van der Waals surface area contributed by atoms with Gasteiger partial charge in [0.15, 0.2) is 0 Å². The maximum absolute atomic E-state index is 13.0. The fourth-order valence-electron chi connectivity index (χ4n) is 2.72. The Morgan fingerprint density at radius 1 is 0.833 bits per heavy atom. The lowest BCUT2D eigenvalue weighted by atomic mass is 10.1. The molecule has 0 atom stereocenters. The maximum atomic E-state index is 13.0. The predicted molar refractivity (Wildman–Crippen MR) is 89.3 cm³/mol. The van der Waals surface area contributed by atoms with E-state index in [0.717, 1.165) is 24.8 Å². The second-order valence-electron chi connectivity index (χ2n) is 5.61. The topological polar surface area (TPSA) is 18.8 Å². The normalized spacial score (nSPS) is 16.0. The Hall–Kier alpha value is -2.50. The maximum Gasteiger partial charge on any atom is 0.417 e. The van der Waals surface area contributed by atoms with Crippen molar-refractivity contribution in [1.82, 2.24) is 5.01 Å². The number of rotatable bonds is 3. The molecule has 126 valence electrons. The van der Waals surface area contributed by atoms with Crippen LogP contribution in [0.1, 0.15) is 11.1 Å². The van der Waals surface area contributed by atoms with Crippen molar-refractivity contribution in [2.45, 2.75) is 6.18 Å². The van der Waals surface area contributed by atoms with Gasteiger partial charge >= 0.3 is 6.18 Å². The molecule has 2 aromatic carbocycles. The van der Waals surface area contributed by atoms with Crippen LogP contribution >= 0.6 is 0 Å². The summed E-state index contributed by atoms with van der Waals surface area (Å²) >= 11 is 0. The van der Waals surface area contributed by atoms with Gasteiger partial charge in [0, 0.05) is 24.3 Å². The van der Waals surface area contributed by atoms with Gasteiger partial charge in [-0.2, -0.15) is 18.3 Å². The molecule has 6 heteroatoms. The van der Waals surface area contributed by atoms with Crippen LogP contribution in [0.2, 0.25) is 0 Å². The van der Waals surface area contributed by atoms with Gasteiger partial charge in [0.1, 0.15) is 0 Å². The third-order valence-corrected chi connectivity index (χ3v) is 4.00. The average Bonchev–Trinajstić information content (AvgIpc) is 2.61. The molecule has 1 aliphatic heterocycles. The van der Waals surface area contributed by atoms with E-state index in [1.807, 2.05) is 23.2 Å². The number of alkyl halides is 3. The van der Waals surface area contributed by atoms with Crippen LogP contribution in [0.25, 0.3) is 0 Å². The van der Waals surface area contributed by atoms with E-state index in [1.54, 1.807) is 6.07 Å². The van der Waals surface area contributed by atoms with Crippen LogP contribution in [0, 0.1) is 0 Å². The first-order chi connectivity index (χ1) is 11.5. The fourth-order valence-corrected chi connectivity index (χ4v) is 2.72. The van der Waals surface area contributed by atoms with E-state index in [-0.39, 0.29) is 5.56 Å². The van der Waals surface area contributed by atoms with Crippen molar-refractivity contribution in [2.24, 2.45) is 5.10 Å². The van der Waals surface area contributed by atoms with Crippen LogP contribution in [0.15, 0.2) is 59.7 Å². The van der Waals surface area contributed by atoms with Crippen molar-refractivity contribution < 1.29 is 13.2 Å². The highest BCUT2D eigenvalue weighted by molar-refractivity contribution is 5.81. The molecule has 0 aromatic heterocycles. The Morgan fingerprint density at radius 3 is 2.12 bits per heavy atom. The van der Waals surface area contributed by atoms with Crippen molar-refractivity contribution in [2.75, 3.05) is 31.1 Å². The lowest BCUT2D eigenvalue weighted by Gasteiger charge is -2.34. The Labute approximate surface area is 139 Å². The molecule has 0 N–H and O–H groups in total. The Morgan fingerprint density at radius 2 is 1.46 bits per heavy atom. The molecule has 0 aliphatic carbocycles. The molecule has 0 amide bonds. The highest BCUT2D eigenvalue weighted by Gasteiger charge is 2.32. The molecule has 0 saturated carbocycles. The number of benzene rings is 2. The van der Waals surface area contributed by atoms with Gasteiger partial charge in [-0.15, -0.1) is 0 Å². The highest BCUT2D eigenvalue weighted by Crippen LogP contribution is 2.31. The van der Waals surface area contributed by atoms with E-state index in [9.17, 15) is 13.2 Å². The molecule has 1 fully saturated rings. The molecule has 0 bridgehead atoms. The van der Waals surface area contributed by atoms with Crippen molar-refractivity contribution in [3.05, 3.63) is 65.7 Å². The first kappa shape index (κ1) is 16.4. The quantitative estimate of drug-likeness (QED) is 0.794. The minimum atomic E-state index is -4.37. The van der Waals surface area contributed by atoms with Crippen molar-refractivity contribution >= 4 is 11.9 Å². The average molecular weight is 333 g/mol. The summed E-state index contributed by atoms with van der Waals surface area (Å²) in [5, 5.41) is 6.05. The zero-order chi connectivity index (χ0) is 17.0. The number of hydrazone groups is 1. The molecule has 24 heavy (non-hydrogen) atoms. The Bertz CT molecular complexity index is 690. The van der Waals surface area contributed by atoms with Gasteiger partial charge < -0.3 is 4.90 Å². The monoisotopic (exact) mass is 333 g/mol. The molecule has 1 saturated heterocycles. The van der Waals surface area contributed by atoms with Gasteiger partial charge in [-0.3, -0.25) is 5.01 Å². The number of para-hydroxylation sites is 1. The van der Waals surface area contributed by atoms with Gasteiger partial charge in [-0.25, -0.2) is 0 Å². The Kier molecular flexibility index (Phi) is 4.74. The van der Waals surface area contributed by atoms with Gasteiger partial charge in [0.05, 0.1) is 24.9 Å². The van der Waals surface area contributed by atoms with Crippen molar-refractivity contribution in [1.29, 1.82) is 0 Å². The molecule has 3 nitrogen and oxygen atoms in total. The van der Waals surface area contributed by atoms with E-state index < -0.39 is 11.7 Å². The molecule has 1 aliphatic rings. The molecule has 3 rings (SSSR count). The summed E-state index contributed by atoms with van der Waals surface area (Å²) in [5.74, 6) is 0. The summed E-state index contributed by atoms with van der Waals surface area (Å²) in [6.45, 7) is 2.95. The first-order valence-corrected chi connectivity index (χ1v) is 7.79. The fraction of sp³-hybridized carbons (Fsp3) is 0.278. The van der Waals surface area contributed by atoms with Gasteiger partial charge in [-0.05, 0) is 18.2 Å². The molecular weight excluding hydrogens is 315 g/mol. The van der Waals surface area contributed by atoms with Gasteiger partial charge in [0.25, 0.3) is 0 Å². The van der Waals surface area contributed by atoms with Crippen LogP contribution in [0.5, 0.6) is 0 Å². The number of hydrogen-bond donors (Lipinski definition) is 0. The third-order valence-electron chi connectivity index (χ3n) is 4.00. The Balaban J connectivity index is 1.64. The summed E-state index contributed by atoms with van der Waals surface area (Å²) in [6.07, 6.45) is -3.06. The van der Waals surface area contributed by atoms with Crippen molar-refractivity contribution in [3.8, 4) is 0 Å². The SMILES string of the molecule is FC(F)(F)c1ccccc1/C=N/N1CCN(c2ccccc2)CC1. The van der Waals surface area contributed by atoms with E-state index >= 15 is 0 Å². The molecule has 0 unspecified atom stereocenters. The van der Waals surface area contributed by atoms with Gasteiger partial charge in [0.2, 0.25) is 0 Å². The van der Waals surface area contributed by atoms with Crippen LogP contribution in [0.4, 0.5) is 18.9 Å². The second kappa shape index (κ2) is 6.95. The van der Waals surface area contributed by atoms with E-state index in [2.05, 4.69) is 22.1 Å². The lowest BCUT2D eigenvalue weighted by molar-refractivity contribution is -0.137. The first-order valence-electron chi connectivity index (χ1n) is 7.79. The van der Waals surface area contributed by atoms with Gasteiger partial charge in [-0.1, -0.05) is 36.4 Å². The van der Waals surface area contributed by atoms with E-state index in [0.29, 0.717) is 13.1 Å². The molecule has 0 radical (unpaired) electrons. The second-order valence-corrected chi connectivity index (χ2v) is 5.61. The minimum Gasteiger partial charge on any atom is -0.368 e. The number of halogens is 3. The lowest BCUT2D eigenvalue weighted by Crippen LogP contribution is -2.44. The summed E-state index contributed by atoms with van der Waals surface area (Å²) < 4.78 is 38.9. The third kappa shape index (κ3) is 3.88. The van der Waals surface area contributed by atoms with Crippen LogP contribution < -0.4 is 4.90 Å².